The van der Waals surface area contributed by atoms with Crippen LogP contribution in [0, 0.1) is 0 Å². The number of rotatable bonds is 5. The summed E-state index contributed by atoms with van der Waals surface area (Å²) in [5, 5.41) is 0.841. The molecule has 10 heteroatoms. The van der Waals surface area contributed by atoms with Crippen molar-refractivity contribution in [3.05, 3.63) is 46.7 Å². The van der Waals surface area contributed by atoms with Crippen molar-refractivity contribution in [2.45, 2.75) is 18.7 Å². The van der Waals surface area contributed by atoms with Crippen LogP contribution in [-0.4, -0.2) is 47.8 Å². The van der Waals surface area contributed by atoms with Gasteiger partial charge in [0.2, 0.25) is 0 Å². The number of carbonyl (C=O) groups excluding carboxylic acids is 1. The van der Waals surface area contributed by atoms with E-state index in [1.54, 1.807) is 18.7 Å². The maximum Gasteiger partial charge on any atom is 0.297 e. The van der Waals surface area contributed by atoms with Crippen molar-refractivity contribution in [3.63, 3.8) is 0 Å². The number of ether oxygens (including phenoxy) is 1. The Hall–Kier alpha value is -1.88. The summed E-state index contributed by atoms with van der Waals surface area (Å²) in [6.45, 7) is 4.30. The van der Waals surface area contributed by atoms with Crippen molar-refractivity contribution >= 4 is 50.9 Å². The summed E-state index contributed by atoms with van der Waals surface area (Å²) in [5.41, 5.74) is 1.70. The van der Waals surface area contributed by atoms with E-state index in [0.29, 0.717) is 5.57 Å². The molecule has 1 aromatic rings. The molecule has 0 aromatic heterocycles. The molecule has 7 nitrogen and oxygen atoms in total. The van der Waals surface area contributed by atoms with Crippen LogP contribution in [0.15, 0.2) is 51.6 Å². The first kappa shape index (κ1) is 19.9. The molecule has 0 unspecified atom stereocenters. The number of para-hydroxylation sites is 1. The molecule has 2 aliphatic heterocycles. The number of fused-ring (bicyclic) bond motifs is 1. The minimum Gasteiger partial charge on any atom is -0.425 e. The van der Waals surface area contributed by atoms with Crippen molar-refractivity contribution in [3.8, 4) is 0 Å². The van der Waals surface area contributed by atoms with Crippen molar-refractivity contribution in [1.82, 2.24) is 4.90 Å². The SMILES string of the molecule is CCN1/C(=C\C(C)=C2\OC(=S)N(CCS(=O)(=O)O)C2=O)Sc2ccccc21. The maximum absolute atomic E-state index is 12.5. The molecule has 2 aliphatic rings. The number of anilines is 1. The lowest BCUT2D eigenvalue weighted by atomic mass is 10.2. The zero-order chi connectivity index (χ0) is 19.8. The molecule has 1 amide bonds. The van der Waals surface area contributed by atoms with Crippen molar-refractivity contribution in [2.75, 3.05) is 23.7 Å². The number of allylic oxidation sites excluding steroid dienone is 2. The summed E-state index contributed by atoms with van der Waals surface area (Å²) in [4.78, 5) is 16.9. The molecule has 0 radical (unpaired) electrons. The molecule has 0 saturated carbocycles. The van der Waals surface area contributed by atoms with E-state index in [2.05, 4.69) is 4.90 Å². The molecule has 1 N–H and O–H groups in total. The molecule has 0 atom stereocenters. The highest BCUT2D eigenvalue weighted by Crippen LogP contribution is 2.46. The fourth-order valence-corrected chi connectivity index (χ4v) is 4.68. The van der Waals surface area contributed by atoms with E-state index in [-0.39, 0.29) is 17.5 Å². The lowest BCUT2D eigenvalue weighted by Crippen LogP contribution is -2.33. The van der Waals surface area contributed by atoms with Gasteiger partial charge in [-0.15, -0.1) is 0 Å². The van der Waals surface area contributed by atoms with Gasteiger partial charge in [0, 0.05) is 23.6 Å². The number of carbonyl (C=O) groups is 1. The van der Waals surface area contributed by atoms with Crippen LogP contribution in [0.1, 0.15) is 13.8 Å². The second-order valence-electron chi connectivity index (χ2n) is 5.92. The Balaban J connectivity index is 1.86. The van der Waals surface area contributed by atoms with Gasteiger partial charge in [0.15, 0.2) is 5.76 Å². The van der Waals surface area contributed by atoms with Crippen LogP contribution in [0.2, 0.25) is 0 Å². The minimum absolute atomic E-state index is 0.0652. The molecule has 144 valence electrons. The third-order valence-electron chi connectivity index (χ3n) is 4.07. The topological polar surface area (TPSA) is 87.2 Å². The normalized spacial score (nSPS) is 20.3. The van der Waals surface area contributed by atoms with Crippen LogP contribution in [0.3, 0.4) is 0 Å². The fourth-order valence-electron chi connectivity index (χ4n) is 2.78. The molecule has 1 fully saturated rings. The number of thiocarbonyl (C=S) groups is 1. The van der Waals surface area contributed by atoms with E-state index in [4.69, 9.17) is 21.5 Å². The van der Waals surface area contributed by atoms with Gasteiger partial charge in [0.05, 0.1) is 16.5 Å². The highest BCUT2D eigenvalue weighted by Gasteiger charge is 2.35. The van der Waals surface area contributed by atoms with Gasteiger partial charge in [-0.25, -0.2) is 0 Å². The number of amides is 1. The summed E-state index contributed by atoms with van der Waals surface area (Å²) in [6.07, 6.45) is 1.86. The van der Waals surface area contributed by atoms with E-state index < -0.39 is 21.8 Å². The van der Waals surface area contributed by atoms with Gasteiger partial charge >= 0.3 is 0 Å². The Morgan fingerprint density at radius 3 is 2.70 bits per heavy atom. The molecule has 2 heterocycles. The van der Waals surface area contributed by atoms with Crippen LogP contribution in [0.5, 0.6) is 0 Å². The standard InChI is InChI=1S/C17H18N2O5S3/c1-3-18-12-6-4-5-7-13(12)26-14(18)10-11(2)15-16(20)19(17(25)24-15)8-9-27(21,22)23/h4-7,10H,3,8-9H2,1-2H3,(H,21,22,23)/b14-10+,15-11+. The Morgan fingerprint density at radius 1 is 1.33 bits per heavy atom. The van der Waals surface area contributed by atoms with E-state index in [9.17, 15) is 13.2 Å². The average Bonchev–Trinajstić information content (AvgIpc) is 3.08. The quantitative estimate of drug-likeness (QED) is 0.437. The molecule has 3 rings (SSSR count). The Kier molecular flexibility index (Phi) is 5.61. The lowest BCUT2D eigenvalue weighted by Gasteiger charge is -2.18. The molecular weight excluding hydrogens is 408 g/mol. The summed E-state index contributed by atoms with van der Waals surface area (Å²) < 4.78 is 36.1. The average molecular weight is 427 g/mol. The smallest absolute Gasteiger partial charge is 0.297 e. The number of benzene rings is 1. The molecule has 1 saturated heterocycles. The van der Waals surface area contributed by atoms with Gasteiger partial charge in [-0.1, -0.05) is 23.9 Å². The molecule has 0 aliphatic carbocycles. The minimum atomic E-state index is -4.20. The van der Waals surface area contributed by atoms with Crippen molar-refractivity contribution in [1.29, 1.82) is 0 Å². The summed E-state index contributed by atoms with van der Waals surface area (Å²) in [7, 11) is -4.20. The fraction of sp³-hybridized carbons (Fsp3) is 0.294. The molecule has 0 spiro atoms. The van der Waals surface area contributed by atoms with Crippen molar-refractivity contribution in [2.24, 2.45) is 0 Å². The Bertz CT molecular complexity index is 969. The number of hydrogen-bond donors (Lipinski definition) is 1. The van der Waals surface area contributed by atoms with Crippen LogP contribution in [0.4, 0.5) is 5.69 Å². The molecule has 0 bridgehead atoms. The van der Waals surface area contributed by atoms with Gasteiger partial charge in [-0.05, 0) is 44.3 Å². The van der Waals surface area contributed by atoms with Crippen LogP contribution in [0.25, 0.3) is 0 Å². The molecule has 27 heavy (non-hydrogen) atoms. The lowest BCUT2D eigenvalue weighted by molar-refractivity contribution is -0.122. The summed E-state index contributed by atoms with van der Waals surface area (Å²) in [6, 6.07) is 8.03. The first-order valence-corrected chi connectivity index (χ1v) is 11.0. The number of nitrogens with zero attached hydrogens (tertiary/aromatic N) is 2. The van der Waals surface area contributed by atoms with Gasteiger partial charge in [-0.2, -0.15) is 8.42 Å². The van der Waals surface area contributed by atoms with Gasteiger partial charge in [-0.3, -0.25) is 14.2 Å². The van der Waals surface area contributed by atoms with Crippen LogP contribution >= 0.6 is 24.0 Å². The zero-order valence-electron chi connectivity index (χ0n) is 14.7. The second-order valence-corrected chi connectivity index (χ2v) is 8.90. The van der Waals surface area contributed by atoms with Gasteiger partial charge in [0.1, 0.15) is 0 Å². The zero-order valence-corrected chi connectivity index (χ0v) is 17.2. The molecular formula is C17H18N2O5S3. The van der Waals surface area contributed by atoms with E-state index >= 15 is 0 Å². The third-order valence-corrected chi connectivity index (χ3v) is 6.19. The monoisotopic (exact) mass is 426 g/mol. The third kappa shape index (κ3) is 4.18. The number of thioether (sulfide) groups is 1. The summed E-state index contributed by atoms with van der Waals surface area (Å²) in [5.74, 6) is -1.05. The largest absolute Gasteiger partial charge is 0.425 e. The summed E-state index contributed by atoms with van der Waals surface area (Å²) >= 11 is 6.62. The maximum atomic E-state index is 12.5. The highest BCUT2D eigenvalue weighted by molar-refractivity contribution is 8.03. The van der Waals surface area contributed by atoms with Crippen LogP contribution in [-0.2, 0) is 19.6 Å². The highest BCUT2D eigenvalue weighted by atomic mass is 32.2. The van der Waals surface area contributed by atoms with Crippen LogP contribution < -0.4 is 4.90 Å². The van der Waals surface area contributed by atoms with Crippen molar-refractivity contribution < 1.29 is 22.5 Å². The van der Waals surface area contributed by atoms with Gasteiger partial charge in [0.25, 0.3) is 21.2 Å². The van der Waals surface area contributed by atoms with E-state index in [1.165, 1.54) is 0 Å². The predicted octanol–water partition coefficient (Wildman–Crippen LogP) is 2.77. The Morgan fingerprint density at radius 2 is 2.04 bits per heavy atom. The van der Waals surface area contributed by atoms with Gasteiger partial charge < -0.3 is 9.64 Å². The predicted molar refractivity (Wildman–Crippen MR) is 108 cm³/mol. The first-order chi connectivity index (χ1) is 12.7. The number of hydrogen-bond acceptors (Lipinski definition) is 7. The Labute approximate surface area is 167 Å². The van der Waals surface area contributed by atoms with E-state index in [0.717, 1.165) is 27.1 Å². The second kappa shape index (κ2) is 7.63. The molecule has 1 aromatic carbocycles. The first-order valence-electron chi connectivity index (χ1n) is 8.17. The van der Waals surface area contributed by atoms with E-state index in [1.807, 2.05) is 37.3 Å².